The molecule has 1 aliphatic heterocycles. The zero-order valence-corrected chi connectivity index (χ0v) is 11.0. The Balaban J connectivity index is 2.14. The van der Waals surface area contributed by atoms with Gasteiger partial charge in [-0.15, -0.1) is 11.3 Å². The molecule has 1 amide bonds. The van der Waals surface area contributed by atoms with Crippen molar-refractivity contribution in [1.82, 2.24) is 4.90 Å². The molecular weight excluding hydrogens is 234 g/mol. The first kappa shape index (κ1) is 12.3. The lowest BCUT2D eigenvalue weighted by Gasteiger charge is -2.23. The molecular formula is C13H17NO2S. The number of carbonyl (C=O) groups excluding carboxylic acids is 2. The molecule has 0 saturated carbocycles. The number of thiophene rings is 1. The second kappa shape index (κ2) is 5.00. The van der Waals surface area contributed by atoms with Crippen molar-refractivity contribution in [3.05, 3.63) is 21.9 Å². The molecule has 2 rings (SSSR count). The number of aryl methyl sites for hydroxylation is 1. The third-order valence-corrected chi connectivity index (χ3v) is 4.22. The van der Waals surface area contributed by atoms with E-state index in [1.54, 1.807) is 6.92 Å². The summed E-state index contributed by atoms with van der Waals surface area (Å²) in [6.45, 7) is 4.34. The Kier molecular flexibility index (Phi) is 3.62. The van der Waals surface area contributed by atoms with Crippen LogP contribution in [-0.4, -0.2) is 29.2 Å². The van der Waals surface area contributed by atoms with E-state index in [4.69, 9.17) is 0 Å². The van der Waals surface area contributed by atoms with Gasteiger partial charge < -0.3 is 4.90 Å². The molecule has 1 atom stereocenters. The molecule has 0 spiro atoms. The van der Waals surface area contributed by atoms with Gasteiger partial charge in [0.25, 0.3) is 5.91 Å². The van der Waals surface area contributed by atoms with E-state index < -0.39 is 0 Å². The maximum Gasteiger partial charge on any atom is 0.264 e. The Labute approximate surface area is 105 Å². The third-order valence-electron chi connectivity index (χ3n) is 3.22. The van der Waals surface area contributed by atoms with Crippen molar-refractivity contribution in [3.63, 3.8) is 0 Å². The number of amides is 1. The van der Waals surface area contributed by atoms with Crippen LogP contribution in [0.1, 0.15) is 41.4 Å². The second-order valence-electron chi connectivity index (χ2n) is 4.63. The number of rotatable bonds is 3. The van der Waals surface area contributed by atoms with Crippen LogP contribution in [0.4, 0.5) is 0 Å². The number of Topliss-reactive ketones (excluding diaryl/α,β-unsaturated/α-hetero) is 1. The fourth-order valence-corrected chi connectivity index (χ4v) is 3.25. The number of ketones is 1. The van der Waals surface area contributed by atoms with E-state index >= 15 is 0 Å². The van der Waals surface area contributed by atoms with Crippen LogP contribution in [0, 0.1) is 6.92 Å². The van der Waals surface area contributed by atoms with Gasteiger partial charge >= 0.3 is 0 Å². The van der Waals surface area contributed by atoms with Crippen molar-refractivity contribution in [1.29, 1.82) is 0 Å². The van der Waals surface area contributed by atoms with Crippen LogP contribution in [0.2, 0.25) is 0 Å². The number of hydrogen-bond acceptors (Lipinski definition) is 3. The van der Waals surface area contributed by atoms with Gasteiger partial charge in [-0.05, 0) is 43.7 Å². The molecule has 17 heavy (non-hydrogen) atoms. The fourth-order valence-electron chi connectivity index (χ4n) is 2.37. The monoisotopic (exact) mass is 251 g/mol. The molecule has 1 aromatic heterocycles. The molecule has 0 N–H and O–H groups in total. The van der Waals surface area contributed by atoms with Crippen LogP contribution in [0.5, 0.6) is 0 Å². The van der Waals surface area contributed by atoms with Gasteiger partial charge in [-0.1, -0.05) is 0 Å². The minimum absolute atomic E-state index is 0.0984. The molecule has 1 unspecified atom stereocenters. The Morgan fingerprint density at radius 2 is 2.29 bits per heavy atom. The van der Waals surface area contributed by atoms with Gasteiger partial charge in [-0.2, -0.15) is 0 Å². The highest BCUT2D eigenvalue weighted by molar-refractivity contribution is 7.12. The van der Waals surface area contributed by atoms with Crippen molar-refractivity contribution in [2.75, 3.05) is 6.54 Å². The molecule has 0 aliphatic carbocycles. The van der Waals surface area contributed by atoms with Gasteiger partial charge in [0.2, 0.25) is 0 Å². The third kappa shape index (κ3) is 2.57. The smallest absolute Gasteiger partial charge is 0.264 e. The van der Waals surface area contributed by atoms with E-state index in [0.717, 1.165) is 29.8 Å². The van der Waals surface area contributed by atoms with Crippen molar-refractivity contribution < 1.29 is 9.59 Å². The molecule has 1 fully saturated rings. The summed E-state index contributed by atoms with van der Waals surface area (Å²) in [6, 6.07) is 2.08. The number of likely N-dealkylation sites (tertiary alicyclic amines) is 1. The fraction of sp³-hybridized carbons (Fsp3) is 0.538. The molecule has 0 radical (unpaired) electrons. The van der Waals surface area contributed by atoms with Gasteiger partial charge in [0, 0.05) is 19.0 Å². The highest BCUT2D eigenvalue weighted by atomic mass is 32.1. The van der Waals surface area contributed by atoms with E-state index in [1.807, 2.05) is 23.3 Å². The van der Waals surface area contributed by atoms with Crippen LogP contribution in [0.3, 0.4) is 0 Å². The Bertz CT molecular complexity index is 438. The average Bonchev–Trinajstić information content (AvgIpc) is 2.85. The van der Waals surface area contributed by atoms with E-state index in [1.165, 1.54) is 11.3 Å². The molecule has 1 aromatic rings. The van der Waals surface area contributed by atoms with Gasteiger partial charge in [-0.3, -0.25) is 9.59 Å². The minimum atomic E-state index is 0.0984. The summed E-state index contributed by atoms with van der Waals surface area (Å²) in [4.78, 5) is 26.2. The zero-order valence-electron chi connectivity index (χ0n) is 10.2. The van der Waals surface area contributed by atoms with Gasteiger partial charge in [0.1, 0.15) is 5.78 Å². The first-order valence-corrected chi connectivity index (χ1v) is 6.82. The molecule has 1 aliphatic rings. The van der Waals surface area contributed by atoms with E-state index in [-0.39, 0.29) is 17.7 Å². The molecule has 1 saturated heterocycles. The van der Waals surface area contributed by atoms with Crippen molar-refractivity contribution in [2.24, 2.45) is 0 Å². The largest absolute Gasteiger partial charge is 0.335 e. The van der Waals surface area contributed by atoms with Gasteiger partial charge in [-0.25, -0.2) is 0 Å². The quantitative estimate of drug-likeness (QED) is 0.828. The first-order chi connectivity index (χ1) is 8.09. The lowest BCUT2D eigenvalue weighted by atomic mass is 10.1. The lowest BCUT2D eigenvalue weighted by Crippen LogP contribution is -2.36. The van der Waals surface area contributed by atoms with E-state index in [0.29, 0.717) is 6.42 Å². The molecule has 4 heteroatoms. The maximum absolute atomic E-state index is 12.3. The average molecular weight is 251 g/mol. The molecule has 3 nitrogen and oxygen atoms in total. The summed E-state index contributed by atoms with van der Waals surface area (Å²) in [5, 5.41) is 1.94. The maximum atomic E-state index is 12.3. The van der Waals surface area contributed by atoms with Gasteiger partial charge in [0.15, 0.2) is 0 Å². The van der Waals surface area contributed by atoms with Crippen LogP contribution >= 0.6 is 11.3 Å². The minimum Gasteiger partial charge on any atom is -0.335 e. The second-order valence-corrected chi connectivity index (χ2v) is 5.55. The summed E-state index contributed by atoms with van der Waals surface area (Å²) >= 11 is 1.49. The Morgan fingerprint density at radius 1 is 1.53 bits per heavy atom. The topological polar surface area (TPSA) is 37.4 Å². The standard InChI is InChI=1S/C13H17NO2S/c1-9-5-7-17-12(9)13(16)14-6-3-4-11(14)8-10(2)15/h5,7,11H,3-4,6,8H2,1-2H3. The summed E-state index contributed by atoms with van der Waals surface area (Å²) in [5.41, 5.74) is 1.04. The molecule has 0 aromatic carbocycles. The summed E-state index contributed by atoms with van der Waals surface area (Å²) in [5.74, 6) is 0.263. The van der Waals surface area contributed by atoms with Crippen LogP contribution < -0.4 is 0 Å². The van der Waals surface area contributed by atoms with Crippen molar-refractivity contribution in [3.8, 4) is 0 Å². The predicted octanol–water partition coefficient (Wildman–Crippen LogP) is 2.64. The van der Waals surface area contributed by atoms with Crippen molar-refractivity contribution in [2.45, 2.75) is 39.2 Å². The van der Waals surface area contributed by atoms with Gasteiger partial charge in [0.05, 0.1) is 4.88 Å². The van der Waals surface area contributed by atoms with Crippen LogP contribution in [0.15, 0.2) is 11.4 Å². The van der Waals surface area contributed by atoms with E-state index in [9.17, 15) is 9.59 Å². The van der Waals surface area contributed by atoms with Crippen LogP contribution in [-0.2, 0) is 4.79 Å². The number of carbonyl (C=O) groups is 2. The number of nitrogens with zero attached hydrogens (tertiary/aromatic N) is 1. The molecule has 2 heterocycles. The highest BCUT2D eigenvalue weighted by Gasteiger charge is 2.31. The van der Waals surface area contributed by atoms with Crippen LogP contribution in [0.25, 0.3) is 0 Å². The van der Waals surface area contributed by atoms with Crippen molar-refractivity contribution >= 4 is 23.0 Å². The Hall–Kier alpha value is -1.16. The zero-order chi connectivity index (χ0) is 12.4. The Morgan fingerprint density at radius 3 is 2.88 bits per heavy atom. The molecule has 0 bridgehead atoms. The summed E-state index contributed by atoms with van der Waals surface area (Å²) in [6.07, 6.45) is 2.46. The first-order valence-electron chi connectivity index (χ1n) is 5.94. The molecule has 92 valence electrons. The number of hydrogen-bond donors (Lipinski definition) is 0. The van der Waals surface area contributed by atoms with E-state index in [2.05, 4.69) is 0 Å². The highest BCUT2D eigenvalue weighted by Crippen LogP contribution is 2.26. The SMILES string of the molecule is CC(=O)CC1CCCN1C(=O)c1sccc1C. The lowest BCUT2D eigenvalue weighted by molar-refractivity contribution is -0.117. The predicted molar refractivity (Wildman–Crippen MR) is 68.4 cm³/mol. The summed E-state index contributed by atoms with van der Waals surface area (Å²) < 4.78 is 0. The summed E-state index contributed by atoms with van der Waals surface area (Å²) in [7, 11) is 0. The normalized spacial score (nSPS) is 19.6.